The van der Waals surface area contributed by atoms with Gasteiger partial charge in [0.1, 0.15) is 5.75 Å². The van der Waals surface area contributed by atoms with Crippen LogP contribution in [0.5, 0.6) is 0 Å². The second-order valence-electron chi connectivity index (χ2n) is 6.31. The first kappa shape index (κ1) is 19.4. The van der Waals surface area contributed by atoms with Gasteiger partial charge >= 0.3 is 0 Å². The first-order chi connectivity index (χ1) is 10.3. The molecule has 0 N–H and O–H groups in total. The summed E-state index contributed by atoms with van der Waals surface area (Å²) >= 11 is 0. The number of methoxy groups -OCH3 is 1. The largest absolute Gasteiger partial charge is 0.383 e. The highest BCUT2D eigenvalue weighted by molar-refractivity contribution is 7.92. The van der Waals surface area contributed by atoms with E-state index in [0.717, 1.165) is 12.8 Å². The van der Waals surface area contributed by atoms with E-state index in [1.807, 2.05) is 7.05 Å². The second-order valence-corrected chi connectivity index (χ2v) is 8.59. The summed E-state index contributed by atoms with van der Waals surface area (Å²) in [6.45, 7) is 3.89. The summed E-state index contributed by atoms with van der Waals surface area (Å²) < 4.78 is 29.5. The van der Waals surface area contributed by atoms with Crippen molar-refractivity contribution in [1.82, 2.24) is 9.80 Å². The van der Waals surface area contributed by atoms with Crippen molar-refractivity contribution in [2.45, 2.75) is 43.9 Å². The van der Waals surface area contributed by atoms with Gasteiger partial charge in [-0.15, -0.1) is 0 Å². The average molecular weight is 334 g/mol. The molecule has 1 fully saturated rings. The van der Waals surface area contributed by atoms with E-state index in [4.69, 9.17) is 4.74 Å². The molecule has 0 heterocycles. The maximum Gasteiger partial charge on any atom is 0.237 e. The van der Waals surface area contributed by atoms with E-state index in [1.54, 1.807) is 14.2 Å². The highest BCUT2D eigenvalue weighted by Crippen LogP contribution is 2.25. The van der Waals surface area contributed by atoms with Gasteiger partial charge in [-0.1, -0.05) is 12.8 Å². The van der Waals surface area contributed by atoms with Crippen LogP contribution in [0.3, 0.4) is 0 Å². The van der Waals surface area contributed by atoms with Crippen LogP contribution in [0.2, 0.25) is 0 Å². The van der Waals surface area contributed by atoms with Crippen LogP contribution in [0, 0.1) is 0 Å². The van der Waals surface area contributed by atoms with Gasteiger partial charge in [0.25, 0.3) is 0 Å². The van der Waals surface area contributed by atoms with Crippen LogP contribution in [-0.2, 0) is 19.4 Å². The summed E-state index contributed by atoms with van der Waals surface area (Å²) in [6.07, 6.45) is 3.32. The molecule has 0 aromatic heterocycles. The van der Waals surface area contributed by atoms with Gasteiger partial charge in [0, 0.05) is 33.3 Å². The lowest BCUT2D eigenvalue weighted by Gasteiger charge is -2.27. The molecule has 6 nitrogen and oxygen atoms in total. The molecule has 1 amide bonds. The number of likely N-dealkylation sites (N-methyl/N-ethyl adjacent to an activating group) is 2. The lowest BCUT2D eigenvalue weighted by atomic mass is 10.3. The van der Waals surface area contributed by atoms with E-state index in [2.05, 4.69) is 11.8 Å². The van der Waals surface area contributed by atoms with E-state index in [9.17, 15) is 13.2 Å². The SMILES string of the molecule is COCC(C)N(C)CCN(C)C(=O)CS(=O)(=O)C1CCCC1. The lowest BCUT2D eigenvalue weighted by molar-refractivity contribution is -0.127. The molecule has 0 aromatic rings. The Hall–Kier alpha value is -0.660. The molecular formula is C15H30N2O4S. The van der Waals surface area contributed by atoms with Crippen LogP contribution in [-0.4, -0.2) is 82.1 Å². The zero-order chi connectivity index (χ0) is 16.8. The van der Waals surface area contributed by atoms with E-state index < -0.39 is 9.84 Å². The quantitative estimate of drug-likeness (QED) is 0.623. The smallest absolute Gasteiger partial charge is 0.237 e. The van der Waals surface area contributed by atoms with Gasteiger partial charge in [0.2, 0.25) is 5.91 Å². The molecule has 1 aliphatic rings. The number of rotatable bonds is 9. The van der Waals surface area contributed by atoms with E-state index in [0.29, 0.717) is 32.5 Å². The van der Waals surface area contributed by atoms with Crippen LogP contribution in [0.4, 0.5) is 0 Å². The molecule has 0 bridgehead atoms. The standard InChI is InChI=1S/C15H30N2O4S/c1-13(11-21-4)16(2)9-10-17(3)15(18)12-22(19,20)14-7-5-6-8-14/h13-14H,5-12H2,1-4H3. The number of hydrogen-bond acceptors (Lipinski definition) is 5. The average Bonchev–Trinajstić information content (AvgIpc) is 2.99. The fourth-order valence-corrected chi connectivity index (χ4v) is 4.52. The van der Waals surface area contributed by atoms with Crippen molar-refractivity contribution in [3.8, 4) is 0 Å². The van der Waals surface area contributed by atoms with Gasteiger partial charge in [-0.3, -0.25) is 9.69 Å². The Morgan fingerprint density at radius 3 is 2.36 bits per heavy atom. The minimum absolute atomic E-state index is 0.260. The molecule has 0 saturated heterocycles. The number of nitrogens with zero attached hydrogens (tertiary/aromatic N) is 2. The molecule has 1 unspecified atom stereocenters. The third kappa shape index (κ3) is 5.85. The van der Waals surface area contributed by atoms with Crippen molar-refractivity contribution in [3.63, 3.8) is 0 Å². The van der Waals surface area contributed by atoms with Gasteiger partial charge in [0.15, 0.2) is 9.84 Å². The third-order valence-corrected chi connectivity index (χ3v) is 6.65. The predicted molar refractivity (Wildman–Crippen MR) is 87.6 cm³/mol. The molecule has 7 heteroatoms. The van der Waals surface area contributed by atoms with Crippen LogP contribution in [0.25, 0.3) is 0 Å². The van der Waals surface area contributed by atoms with Gasteiger partial charge in [-0.05, 0) is 26.8 Å². The molecule has 1 rings (SSSR count). The monoisotopic (exact) mass is 334 g/mol. The molecule has 0 radical (unpaired) electrons. The van der Waals surface area contributed by atoms with Crippen LogP contribution in [0.1, 0.15) is 32.6 Å². The van der Waals surface area contributed by atoms with E-state index in [-0.39, 0.29) is 23.0 Å². The Bertz CT molecular complexity index is 446. The Labute approximate surface area is 134 Å². The summed E-state index contributed by atoms with van der Waals surface area (Å²) in [5.41, 5.74) is 0. The number of amides is 1. The van der Waals surface area contributed by atoms with Crippen molar-refractivity contribution in [2.24, 2.45) is 0 Å². The summed E-state index contributed by atoms with van der Waals surface area (Å²) in [4.78, 5) is 15.7. The molecular weight excluding hydrogens is 304 g/mol. The fraction of sp³-hybridized carbons (Fsp3) is 0.933. The Balaban J connectivity index is 2.41. The summed E-state index contributed by atoms with van der Waals surface area (Å²) in [5, 5.41) is -0.311. The van der Waals surface area contributed by atoms with Crippen molar-refractivity contribution in [2.75, 3.05) is 46.7 Å². The van der Waals surface area contributed by atoms with Gasteiger partial charge < -0.3 is 9.64 Å². The Kier molecular flexibility index (Phi) is 7.79. The van der Waals surface area contributed by atoms with E-state index in [1.165, 1.54) is 4.90 Å². The molecule has 22 heavy (non-hydrogen) atoms. The lowest BCUT2D eigenvalue weighted by Crippen LogP contribution is -2.42. The number of ether oxygens (including phenoxy) is 1. The van der Waals surface area contributed by atoms with Crippen LogP contribution in [0.15, 0.2) is 0 Å². The van der Waals surface area contributed by atoms with Crippen LogP contribution >= 0.6 is 0 Å². The van der Waals surface area contributed by atoms with Crippen molar-refractivity contribution >= 4 is 15.7 Å². The van der Waals surface area contributed by atoms with E-state index >= 15 is 0 Å². The zero-order valence-electron chi connectivity index (χ0n) is 14.2. The van der Waals surface area contributed by atoms with Crippen LogP contribution < -0.4 is 0 Å². The second kappa shape index (κ2) is 8.84. The van der Waals surface area contributed by atoms with Gasteiger partial charge in [-0.2, -0.15) is 0 Å². The minimum atomic E-state index is -3.29. The minimum Gasteiger partial charge on any atom is -0.383 e. The molecule has 1 atom stereocenters. The normalized spacial score (nSPS) is 17.9. The molecule has 0 aromatic carbocycles. The summed E-state index contributed by atoms with van der Waals surface area (Å²) in [7, 11) is 2.01. The molecule has 0 aliphatic heterocycles. The number of carbonyl (C=O) groups is 1. The summed E-state index contributed by atoms with van der Waals surface area (Å²) in [5.74, 6) is -0.661. The van der Waals surface area contributed by atoms with Gasteiger partial charge in [0.05, 0.1) is 11.9 Å². The van der Waals surface area contributed by atoms with Crippen molar-refractivity contribution in [3.05, 3.63) is 0 Å². The highest BCUT2D eigenvalue weighted by Gasteiger charge is 2.31. The summed E-state index contributed by atoms with van der Waals surface area (Å²) in [6, 6.07) is 0.260. The van der Waals surface area contributed by atoms with Crippen molar-refractivity contribution < 1.29 is 17.9 Å². The van der Waals surface area contributed by atoms with Crippen molar-refractivity contribution in [1.29, 1.82) is 0 Å². The molecule has 1 aliphatic carbocycles. The molecule has 130 valence electrons. The predicted octanol–water partition coefficient (Wildman–Crippen LogP) is 0.769. The number of carbonyl (C=O) groups excluding carboxylic acids is 1. The fourth-order valence-electron chi connectivity index (χ4n) is 2.67. The topological polar surface area (TPSA) is 66.9 Å². The maximum atomic E-state index is 12.2. The maximum absolute atomic E-state index is 12.2. The number of hydrogen-bond donors (Lipinski definition) is 0. The molecule has 1 saturated carbocycles. The third-order valence-electron chi connectivity index (χ3n) is 4.51. The Morgan fingerprint density at radius 1 is 1.23 bits per heavy atom. The highest BCUT2D eigenvalue weighted by atomic mass is 32.2. The zero-order valence-corrected chi connectivity index (χ0v) is 15.1. The molecule has 0 spiro atoms. The van der Waals surface area contributed by atoms with Gasteiger partial charge in [-0.25, -0.2) is 8.42 Å². The Morgan fingerprint density at radius 2 is 1.82 bits per heavy atom. The first-order valence-corrected chi connectivity index (χ1v) is 9.64. The first-order valence-electron chi connectivity index (χ1n) is 7.92. The number of sulfone groups is 1.